The molecule has 2 rings (SSSR count). The van der Waals surface area contributed by atoms with Gasteiger partial charge in [0, 0.05) is 20.3 Å². The van der Waals surface area contributed by atoms with Crippen LogP contribution in [0.3, 0.4) is 0 Å². The average molecular weight is 308 g/mol. The molecule has 0 radical (unpaired) electrons. The lowest BCUT2D eigenvalue weighted by molar-refractivity contribution is 0.797. The predicted octanol–water partition coefficient (Wildman–Crippen LogP) is 4.62. The summed E-state index contributed by atoms with van der Waals surface area (Å²) >= 11 is 5.23. The van der Waals surface area contributed by atoms with Crippen LogP contribution in [-0.2, 0) is 0 Å². The van der Waals surface area contributed by atoms with E-state index in [1.54, 1.807) is 11.8 Å². The third kappa shape index (κ3) is 3.35. The number of halogens is 1. The van der Waals surface area contributed by atoms with E-state index in [1.165, 1.54) is 15.4 Å². The molecule has 0 unspecified atom stereocenters. The zero-order valence-corrected chi connectivity index (χ0v) is 12.0. The first-order chi connectivity index (χ1) is 8.16. The van der Waals surface area contributed by atoms with Gasteiger partial charge in [0.25, 0.3) is 0 Å². The molecule has 0 bridgehead atoms. The monoisotopic (exact) mass is 307 g/mol. The molecular formula is C14H14BrNS. The maximum atomic E-state index is 5.98. The summed E-state index contributed by atoms with van der Waals surface area (Å²) < 4.78 is 1.10. The molecule has 0 saturated heterocycles. The molecule has 0 spiro atoms. The Kier molecular flexibility index (Phi) is 4.26. The zero-order valence-electron chi connectivity index (χ0n) is 9.56. The highest BCUT2D eigenvalue weighted by molar-refractivity contribution is 9.10. The van der Waals surface area contributed by atoms with Crippen molar-refractivity contribution < 1.29 is 0 Å². The van der Waals surface area contributed by atoms with Crippen LogP contribution < -0.4 is 5.73 Å². The molecule has 2 N–H and O–H groups in total. The van der Waals surface area contributed by atoms with E-state index in [1.807, 2.05) is 31.2 Å². The van der Waals surface area contributed by atoms with Gasteiger partial charge in [-0.2, -0.15) is 0 Å². The van der Waals surface area contributed by atoms with Crippen LogP contribution >= 0.6 is 27.7 Å². The molecule has 2 aromatic rings. The van der Waals surface area contributed by atoms with Gasteiger partial charge in [-0.05, 0) is 36.8 Å². The minimum Gasteiger partial charge on any atom is -0.324 e. The van der Waals surface area contributed by atoms with E-state index in [9.17, 15) is 0 Å². The van der Waals surface area contributed by atoms with Crippen LogP contribution in [-0.4, -0.2) is 0 Å². The van der Waals surface area contributed by atoms with E-state index in [-0.39, 0.29) is 6.04 Å². The highest BCUT2D eigenvalue weighted by atomic mass is 79.9. The molecule has 88 valence electrons. The molecule has 3 heteroatoms. The lowest BCUT2D eigenvalue weighted by Gasteiger charge is -2.12. The van der Waals surface area contributed by atoms with E-state index in [0.717, 1.165) is 4.47 Å². The summed E-state index contributed by atoms with van der Waals surface area (Å²) in [6.07, 6.45) is 0. The number of benzene rings is 2. The fourth-order valence-corrected chi connectivity index (χ4v) is 3.26. The summed E-state index contributed by atoms with van der Waals surface area (Å²) in [6, 6.07) is 16.6. The van der Waals surface area contributed by atoms with Crippen molar-refractivity contribution in [2.75, 3.05) is 0 Å². The number of rotatable bonds is 3. The van der Waals surface area contributed by atoms with Crippen LogP contribution in [0.15, 0.2) is 62.8 Å². The van der Waals surface area contributed by atoms with E-state index < -0.39 is 0 Å². The number of hydrogen-bond donors (Lipinski definition) is 1. The first-order valence-electron chi connectivity index (χ1n) is 5.45. The Morgan fingerprint density at radius 1 is 1.12 bits per heavy atom. The summed E-state index contributed by atoms with van der Waals surface area (Å²) in [5.41, 5.74) is 7.17. The predicted molar refractivity (Wildman–Crippen MR) is 77.3 cm³/mol. The highest BCUT2D eigenvalue weighted by Gasteiger charge is 2.07. The van der Waals surface area contributed by atoms with Gasteiger partial charge in [-0.15, -0.1) is 0 Å². The summed E-state index contributed by atoms with van der Waals surface area (Å²) in [7, 11) is 0. The average Bonchev–Trinajstić information content (AvgIpc) is 2.29. The van der Waals surface area contributed by atoms with Crippen molar-refractivity contribution in [1.82, 2.24) is 0 Å². The van der Waals surface area contributed by atoms with Gasteiger partial charge in [-0.3, -0.25) is 0 Å². The van der Waals surface area contributed by atoms with Gasteiger partial charge in [-0.1, -0.05) is 52.0 Å². The minimum absolute atomic E-state index is 0.0610. The van der Waals surface area contributed by atoms with Crippen LogP contribution in [0.25, 0.3) is 0 Å². The summed E-state index contributed by atoms with van der Waals surface area (Å²) in [6.45, 7) is 2.01. The zero-order chi connectivity index (χ0) is 12.3. The second kappa shape index (κ2) is 5.71. The van der Waals surface area contributed by atoms with E-state index in [0.29, 0.717) is 0 Å². The van der Waals surface area contributed by atoms with Gasteiger partial charge in [0.2, 0.25) is 0 Å². The topological polar surface area (TPSA) is 26.0 Å². The fraction of sp³-hybridized carbons (Fsp3) is 0.143. The summed E-state index contributed by atoms with van der Waals surface area (Å²) in [5.74, 6) is 0. The largest absolute Gasteiger partial charge is 0.324 e. The molecule has 0 aromatic heterocycles. The van der Waals surface area contributed by atoms with E-state index in [4.69, 9.17) is 5.73 Å². The van der Waals surface area contributed by atoms with Gasteiger partial charge in [0.15, 0.2) is 0 Å². The van der Waals surface area contributed by atoms with Crippen LogP contribution in [0.2, 0.25) is 0 Å². The number of hydrogen-bond acceptors (Lipinski definition) is 2. The summed E-state index contributed by atoms with van der Waals surface area (Å²) in [5, 5.41) is 0. The molecule has 0 aliphatic carbocycles. The van der Waals surface area contributed by atoms with Gasteiger partial charge in [0.1, 0.15) is 0 Å². The Morgan fingerprint density at radius 3 is 2.59 bits per heavy atom. The van der Waals surface area contributed by atoms with Gasteiger partial charge in [-0.25, -0.2) is 0 Å². The van der Waals surface area contributed by atoms with Crippen molar-refractivity contribution >= 4 is 27.7 Å². The van der Waals surface area contributed by atoms with Crippen LogP contribution in [0.5, 0.6) is 0 Å². The second-order valence-electron chi connectivity index (χ2n) is 3.89. The van der Waals surface area contributed by atoms with Gasteiger partial charge in [0.05, 0.1) is 0 Å². The quantitative estimate of drug-likeness (QED) is 0.895. The molecular weight excluding hydrogens is 294 g/mol. The fourth-order valence-electron chi connectivity index (χ4n) is 1.61. The molecule has 2 aromatic carbocycles. The molecule has 0 amide bonds. The third-order valence-electron chi connectivity index (χ3n) is 2.43. The van der Waals surface area contributed by atoms with Crippen LogP contribution in [0.1, 0.15) is 18.5 Å². The molecule has 0 aliphatic rings. The summed E-state index contributed by atoms with van der Waals surface area (Å²) in [4.78, 5) is 2.44. The van der Waals surface area contributed by atoms with E-state index in [2.05, 4.69) is 40.2 Å². The van der Waals surface area contributed by atoms with Crippen molar-refractivity contribution in [3.05, 3.63) is 58.6 Å². The third-order valence-corrected chi connectivity index (χ3v) is 4.01. The first kappa shape index (κ1) is 12.7. The van der Waals surface area contributed by atoms with Crippen molar-refractivity contribution in [3.63, 3.8) is 0 Å². The van der Waals surface area contributed by atoms with Crippen LogP contribution in [0.4, 0.5) is 0 Å². The van der Waals surface area contributed by atoms with Crippen LogP contribution in [0, 0.1) is 0 Å². The Morgan fingerprint density at radius 2 is 1.88 bits per heavy atom. The molecule has 0 heterocycles. The highest BCUT2D eigenvalue weighted by Crippen LogP contribution is 2.33. The normalized spacial score (nSPS) is 12.4. The molecule has 0 fully saturated rings. The Bertz CT molecular complexity index is 511. The standard InChI is InChI=1S/C14H14BrNS/c1-10(16)13-7-2-3-8-14(13)17-12-6-4-5-11(15)9-12/h2-10H,16H2,1H3/t10-/m0/s1. The van der Waals surface area contributed by atoms with Gasteiger partial charge < -0.3 is 5.73 Å². The van der Waals surface area contributed by atoms with Crippen molar-refractivity contribution in [2.45, 2.75) is 22.8 Å². The molecule has 0 saturated carbocycles. The lowest BCUT2D eigenvalue weighted by atomic mass is 10.1. The van der Waals surface area contributed by atoms with Crippen molar-refractivity contribution in [2.24, 2.45) is 5.73 Å². The SMILES string of the molecule is C[C@H](N)c1ccccc1Sc1cccc(Br)c1. The molecule has 1 atom stereocenters. The lowest BCUT2D eigenvalue weighted by Crippen LogP contribution is -2.05. The maximum Gasteiger partial charge on any atom is 0.0277 e. The number of nitrogens with two attached hydrogens (primary N) is 1. The van der Waals surface area contributed by atoms with Crippen molar-refractivity contribution in [1.29, 1.82) is 0 Å². The Hall–Kier alpha value is -0.770. The van der Waals surface area contributed by atoms with Gasteiger partial charge >= 0.3 is 0 Å². The molecule has 0 aliphatic heterocycles. The first-order valence-corrected chi connectivity index (χ1v) is 7.05. The minimum atomic E-state index is 0.0610. The Labute approximate surface area is 115 Å². The second-order valence-corrected chi connectivity index (χ2v) is 5.92. The molecule has 1 nitrogen and oxygen atoms in total. The maximum absolute atomic E-state index is 5.98. The Balaban J connectivity index is 2.30. The smallest absolute Gasteiger partial charge is 0.0277 e. The van der Waals surface area contributed by atoms with Crippen molar-refractivity contribution in [3.8, 4) is 0 Å². The molecule has 17 heavy (non-hydrogen) atoms. The van der Waals surface area contributed by atoms with E-state index >= 15 is 0 Å².